The molecule has 0 saturated carbocycles. The van der Waals surface area contributed by atoms with Gasteiger partial charge in [-0.2, -0.15) is 8.78 Å². The minimum atomic E-state index is -3.69. The van der Waals surface area contributed by atoms with E-state index in [1.54, 1.807) is 0 Å². The van der Waals surface area contributed by atoms with Crippen molar-refractivity contribution < 1.29 is 36.3 Å². The number of hydrogen-bond donors (Lipinski definition) is 3. The number of aromatic nitrogens is 2. The number of hydrogen-bond acceptors (Lipinski definition) is 4. The average molecular weight is 555 g/mol. The van der Waals surface area contributed by atoms with Crippen molar-refractivity contribution in [3.63, 3.8) is 0 Å². The summed E-state index contributed by atoms with van der Waals surface area (Å²) in [4.78, 5) is 42.8. The summed E-state index contributed by atoms with van der Waals surface area (Å²) < 4.78 is 71.9. The minimum Gasteiger partial charge on any atom is -0.352 e. The zero-order chi connectivity index (χ0) is 27.5. The first kappa shape index (κ1) is 25.4. The highest BCUT2D eigenvalue weighted by molar-refractivity contribution is 6.31. The van der Waals surface area contributed by atoms with Gasteiger partial charge in [-0.3, -0.25) is 19.8 Å². The van der Waals surface area contributed by atoms with Crippen molar-refractivity contribution in [2.45, 2.75) is 18.5 Å². The molecule has 0 radical (unpaired) electrons. The molecule has 38 heavy (non-hydrogen) atoms. The maximum atomic E-state index is 14.6. The quantitative estimate of drug-likeness (QED) is 0.429. The van der Waals surface area contributed by atoms with Gasteiger partial charge in [0.05, 0.1) is 24.0 Å². The summed E-state index contributed by atoms with van der Waals surface area (Å²) in [5.41, 5.74) is -1.39. The van der Waals surface area contributed by atoms with Gasteiger partial charge in [-0.25, -0.2) is 22.9 Å². The molecule has 1 aromatic heterocycles. The molecule has 15 heteroatoms. The maximum absolute atomic E-state index is 14.6. The van der Waals surface area contributed by atoms with Gasteiger partial charge < -0.3 is 15.2 Å². The van der Waals surface area contributed by atoms with E-state index in [0.29, 0.717) is 17.0 Å². The topological polar surface area (TPSA) is 108 Å². The van der Waals surface area contributed by atoms with Crippen molar-refractivity contribution in [3.8, 4) is 0 Å². The van der Waals surface area contributed by atoms with Crippen LogP contribution in [0.4, 0.5) is 38.3 Å². The Morgan fingerprint density at radius 2 is 1.87 bits per heavy atom. The van der Waals surface area contributed by atoms with Crippen molar-refractivity contribution in [1.82, 2.24) is 20.2 Å². The predicted molar refractivity (Wildman–Crippen MR) is 124 cm³/mol. The Balaban J connectivity index is 1.61. The van der Waals surface area contributed by atoms with Crippen molar-refractivity contribution in [2.24, 2.45) is 0 Å². The molecule has 0 spiro atoms. The molecule has 5 rings (SSSR count). The lowest BCUT2D eigenvalue weighted by molar-refractivity contribution is -0.123. The van der Waals surface area contributed by atoms with Crippen LogP contribution in [0.5, 0.6) is 0 Å². The van der Waals surface area contributed by atoms with Crippen molar-refractivity contribution >= 4 is 41.0 Å². The largest absolute Gasteiger partial charge is 0.352 e. The van der Waals surface area contributed by atoms with Crippen LogP contribution in [0.25, 0.3) is 0 Å². The first-order valence-electron chi connectivity index (χ1n) is 10.9. The fraction of sp³-hybridized carbons (Fsp3) is 0.217. The number of amides is 4. The Kier molecular flexibility index (Phi) is 6.01. The second kappa shape index (κ2) is 8.97. The standard InChI is InChI=1S/C23H16ClF5N6O3/c1-30-21(37)20-32-19(18-17(31-16(36)7-34(18)20)10-4-9(25)2-3-12(10)24)33-22(38)35-8-23(28,29)11-5-13(26)14(27)6-15(11)35/h2-6,17H,7-8H2,1H3,(H,30,37)(H,31,36)(H,33,38)/t17-/m0/s1. The summed E-state index contributed by atoms with van der Waals surface area (Å²) in [5.74, 6) is -9.32. The number of nitrogens with one attached hydrogen (secondary N) is 3. The Labute approximate surface area is 215 Å². The van der Waals surface area contributed by atoms with Gasteiger partial charge in [0.2, 0.25) is 11.7 Å². The summed E-state index contributed by atoms with van der Waals surface area (Å²) in [6.07, 6.45) is 0. The van der Waals surface area contributed by atoms with E-state index in [1.165, 1.54) is 17.7 Å². The van der Waals surface area contributed by atoms with Gasteiger partial charge in [0.25, 0.3) is 11.8 Å². The van der Waals surface area contributed by atoms with E-state index < -0.39 is 71.6 Å². The highest BCUT2D eigenvalue weighted by Gasteiger charge is 2.47. The SMILES string of the molecule is CNC(=O)c1nc(NC(=O)N2CC(F)(F)c3cc(F)c(F)cc32)c2n1CC(=O)N[C@H]2c1cc(F)ccc1Cl. The predicted octanol–water partition coefficient (Wildman–Crippen LogP) is 3.68. The Bertz CT molecular complexity index is 1530. The third-order valence-electron chi connectivity index (χ3n) is 6.14. The van der Waals surface area contributed by atoms with Crippen molar-refractivity contribution in [2.75, 3.05) is 23.8 Å². The summed E-state index contributed by atoms with van der Waals surface area (Å²) >= 11 is 6.25. The first-order valence-corrected chi connectivity index (χ1v) is 11.3. The fourth-order valence-corrected chi connectivity index (χ4v) is 4.67. The third kappa shape index (κ3) is 4.10. The number of imidazole rings is 1. The van der Waals surface area contributed by atoms with E-state index in [0.717, 1.165) is 12.1 Å². The van der Waals surface area contributed by atoms with Crippen LogP contribution in [0.1, 0.15) is 33.5 Å². The van der Waals surface area contributed by atoms with E-state index in [2.05, 4.69) is 20.9 Å². The van der Waals surface area contributed by atoms with Crippen LogP contribution in [0.2, 0.25) is 5.02 Å². The average Bonchev–Trinajstić information content (AvgIpc) is 3.34. The second-order valence-corrected chi connectivity index (χ2v) is 8.91. The number of anilines is 2. The Hall–Kier alpha value is -4.20. The number of fused-ring (bicyclic) bond motifs is 2. The Morgan fingerprint density at radius 3 is 2.58 bits per heavy atom. The van der Waals surface area contributed by atoms with Gasteiger partial charge >= 0.3 is 6.03 Å². The van der Waals surface area contributed by atoms with Gasteiger partial charge in [-0.05, 0) is 24.3 Å². The van der Waals surface area contributed by atoms with Crippen LogP contribution < -0.4 is 20.9 Å². The van der Waals surface area contributed by atoms with E-state index in [9.17, 15) is 36.3 Å². The van der Waals surface area contributed by atoms with E-state index >= 15 is 0 Å². The molecule has 198 valence electrons. The lowest BCUT2D eigenvalue weighted by atomic mass is 10.0. The molecule has 9 nitrogen and oxygen atoms in total. The molecule has 2 aromatic carbocycles. The van der Waals surface area contributed by atoms with E-state index in [4.69, 9.17) is 11.6 Å². The summed E-state index contributed by atoms with van der Waals surface area (Å²) in [5, 5.41) is 7.28. The summed E-state index contributed by atoms with van der Waals surface area (Å²) in [6.45, 7) is -1.65. The van der Waals surface area contributed by atoms with Crippen LogP contribution in [0.3, 0.4) is 0 Å². The number of rotatable bonds is 3. The number of halogens is 6. The zero-order valence-electron chi connectivity index (χ0n) is 19.2. The molecule has 0 aliphatic carbocycles. The summed E-state index contributed by atoms with van der Waals surface area (Å²) in [6, 6.07) is 1.73. The monoisotopic (exact) mass is 554 g/mol. The van der Waals surface area contributed by atoms with Gasteiger partial charge in [-0.1, -0.05) is 11.6 Å². The molecule has 3 aromatic rings. The van der Waals surface area contributed by atoms with E-state index in [-0.39, 0.29) is 27.9 Å². The number of urea groups is 1. The molecule has 0 bridgehead atoms. The van der Waals surface area contributed by atoms with Crippen LogP contribution in [0.15, 0.2) is 30.3 Å². The second-order valence-electron chi connectivity index (χ2n) is 8.51. The van der Waals surface area contributed by atoms with E-state index in [1.807, 2.05) is 0 Å². The number of carbonyl (C=O) groups excluding carboxylic acids is 3. The minimum absolute atomic E-state index is 0.000479. The Morgan fingerprint density at radius 1 is 1.16 bits per heavy atom. The third-order valence-corrected chi connectivity index (χ3v) is 6.48. The number of carbonyl (C=O) groups is 3. The normalized spacial score (nSPS) is 17.5. The highest BCUT2D eigenvalue weighted by Crippen LogP contribution is 2.44. The number of alkyl halides is 2. The molecule has 4 amide bonds. The van der Waals surface area contributed by atoms with Gasteiger partial charge in [-0.15, -0.1) is 0 Å². The molecule has 3 heterocycles. The molecular formula is C23H16ClF5N6O3. The van der Waals surface area contributed by atoms with Crippen LogP contribution in [-0.4, -0.2) is 41.0 Å². The molecule has 1 atom stereocenters. The molecule has 2 aliphatic rings. The summed E-state index contributed by atoms with van der Waals surface area (Å²) in [7, 11) is 1.29. The van der Waals surface area contributed by atoms with Crippen molar-refractivity contribution in [1.29, 1.82) is 0 Å². The van der Waals surface area contributed by atoms with Gasteiger partial charge in [0.15, 0.2) is 17.5 Å². The molecule has 0 fully saturated rings. The fourth-order valence-electron chi connectivity index (χ4n) is 4.45. The van der Waals surface area contributed by atoms with Crippen LogP contribution in [-0.2, 0) is 17.3 Å². The smallest absolute Gasteiger partial charge is 0.327 e. The number of benzene rings is 2. The maximum Gasteiger partial charge on any atom is 0.327 e. The first-order chi connectivity index (χ1) is 17.9. The number of nitrogens with zero attached hydrogens (tertiary/aromatic N) is 3. The van der Waals surface area contributed by atoms with Crippen LogP contribution in [0, 0.1) is 17.5 Å². The molecule has 0 saturated heterocycles. The lowest BCUT2D eigenvalue weighted by Gasteiger charge is -2.28. The van der Waals surface area contributed by atoms with Crippen molar-refractivity contribution in [3.05, 3.63) is 75.5 Å². The molecule has 2 aliphatic heterocycles. The molecule has 3 N–H and O–H groups in total. The van der Waals surface area contributed by atoms with Gasteiger partial charge in [0.1, 0.15) is 12.4 Å². The zero-order valence-corrected chi connectivity index (χ0v) is 20.0. The molecule has 0 unspecified atom stereocenters. The highest BCUT2D eigenvalue weighted by atomic mass is 35.5. The lowest BCUT2D eigenvalue weighted by Crippen LogP contribution is -2.41. The van der Waals surface area contributed by atoms with Gasteiger partial charge in [0, 0.05) is 29.3 Å². The molecular weight excluding hydrogens is 539 g/mol. The van der Waals surface area contributed by atoms with Crippen LogP contribution >= 0.6 is 11.6 Å².